The number of pyridine rings is 2. The van der Waals surface area contributed by atoms with E-state index in [-0.39, 0.29) is 5.56 Å². The van der Waals surface area contributed by atoms with E-state index in [1.807, 2.05) is 42.8 Å². The topological polar surface area (TPSA) is 80.8 Å². The zero-order valence-corrected chi connectivity index (χ0v) is 17.4. The van der Waals surface area contributed by atoms with Gasteiger partial charge in [-0.25, -0.2) is 19.8 Å². The zero-order chi connectivity index (χ0) is 21.7. The summed E-state index contributed by atoms with van der Waals surface area (Å²) in [6, 6.07) is 14.2. The van der Waals surface area contributed by atoms with Crippen LogP contribution < -0.4 is 5.56 Å². The van der Waals surface area contributed by atoms with Crippen LogP contribution in [0.25, 0.3) is 49.6 Å². The maximum absolute atomic E-state index is 11.9. The van der Waals surface area contributed by atoms with Crippen molar-refractivity contribution in [3.05, 3.63) is 81.1 Å². The van der Waals surface area contributed by atoms with Crippen LogP contribution in [0.3, 0.4) is 0 Å². The third-order valence-corrected chi connectivity index (χ3v) is 5.34. The van der Waals surface area contributed by atoms with Gasteiger partial charge in [-0.15, -0.1) is 0 Å². The first-order chi connectivity index (χ1) is 14.9. The Kier molecular flexibility index (Phi) is 4.31. The van der Waals surface area contributed by atoms with Crippen molar-refractivity contribution in [2.24, 2.45) is 7.05 Å². The summed E-state index contributed by atoms with van der Waals surface area (Å²) in [5.41, 5.74) is 5.81. The first-order valence-electron chi connectivity index (χ1n) is 9.46. The standard InChI is InChI=1S/C23H15ClN6O/c1-12-8-14(11-19(24)26-12)21-22(29-23-16(27-21)5-7-20(31)28-23)18-10-13-9-15(25-2)4-6-17(13)30(18)3/h4-11H,1,3H3,(H,28,29,31). The molecule has 0 unspecified atom stereocenters. The lowest BCUT2D eigenvalue weighted by molar-refractivity contribution is 0.969. The van der Waals surface area contributed by atoms with Crippen LogP contribution in [0.5, 0.6) is 0 Å². The number of nitrogens with zero attached hydrogens (tertiary/aromatic N) is 5. The van der Waals surface area contributed by atoms with E-state index in [1.165, 1.54) is 6.07 Å². The Bertz CT molecular complexity index is 1590. The van der Waals surface area contributed by atoms with Gasteiger partial charge in [0.15, 0.2) is 11.3 Å². The Morgan fingerprint density at radius 3 is 2.65 bits per heavy atom. The molecule has 8 heteroatoms. The van der Waals surface area contributed by atoms with Gasteiger partial charge in [0, 0.05) is 29.9 Å². The fourth-order valence-electron chi connectivity index (χ4n) is 3.75. The van der Waals surface area contributed by atoms with Gasteiger partial charge >= 0.3 is 0 Å². The van der Waals surface area contributed by atoms with Gasteiger partial charge in [0.05, 0.1) is 18.0 Å². The molecule has 4 aromatic heterocycles. The average Bonchev–Trinajstić information content (AvgIpc) is 3.07. The number of hydrogen-bond acceptors (Lipinski definition) is 4. The Labute approximate surface area is 181 Å². The summed E-state index contributed by atoms with van der Waals surface area (Å²) in [5, 5.41) is 1.28. The number of aromatic nitrogens is 5. The predicted molar refractivity (Wildman–Crippen MR) is 121 cm³/mol. The van der Waals surface area contributed by atoms with Crippen molar-refractivity contribution in [1.82, 2.24) is 24.5 Å². The van der Waals surface area contributed by atoms with Crippen LogP contribution in [0.2, 0.25) is 5.15 Å². The summed E-state index contributed by atoms with van der Waals surface area (Å²) >= 11 is 6.23. The lowest BCUT2D eigenvalue weighted by Crippen LogP contribution is -2.07. The van der Waals surface area contributed by atoms with Gasteiger partial charge in [-0.05, 0) is 48.7 Å². The van der Waals surface area contributed by atoms with E-state index in [9.17, 15) is 4.79 Å². The van der Waals surface area contributed by atoms with E-state index in [0.29, 0.717) is 33.4 Å². The second-order valence-electron chi connectivity index (χ2n) is 7.24. The lowest BCUT2D eigenvalue weighted by Gasteiger charge is -2.12. The molecule has 0 saturated carbocycles. The lowest BCUT2D eigenvalue weighted by atomic mass is 10.1. The fourth-order valence-corrected chi connectivity index (χ4v) is 4.00. The van der Waals surface area contributed by atoms with Crippen LogP contribution in [0, 0.1) is 13.5 Å². The fraction of sp³-hybridized carbons (Fsp3) is 0.0870. The molecule has 0 aliphatic carbocycles. The summed E-state index contributed by atoms with van der Waals surface area (Å²) < 4.78 is 2.00. The third-order valence-electron chi connectivity index (χ3n) is 5.15. The molecule has 0 saturated heterocycles. The highest BCUT2D eigenvalue weighted by Crippen LogP contribution is 2.35. The van der Waals surface area contributed by atoms with Gasteiger partial charge in [0.25, 0.3) is 0 Å². The number of rotatable bonds is 2. The minimum atomic E-state index is -0.248. The molecule has 0 radical (unpaired) electrons. The largest absolute Gasteiger partial charge is 0.342 e. The molecule has 0 amide bonds. The number of nitrogens with one attached hydrogen (secondary N) is 1. The highest BCUT2D eigenvalue weighted by molar-refractivity contribution is 6.29. The van der Waals surface area contributed by atoms with Crippen LogP contribution >= 0.6 is 11.6 Å². The summed E-state index contributed by atoms with van der Waals surface area (Å²) in [4.78, 5) is 32.0. The number of fused-ring (bicyclic) bond motifs is 2. The maximum atomic E-state index is 11.9. The van der Waals surface area contributed by atoms with E-state index in [0.717, 1.165) is 27.9 Å². The van der Waals surface area contributed by atoms with Gasteiger partial charge in [-0.2, -0.15) is 0 Å². The first-order valence-corrected chi connectivity index (χ1v) is 9.84. The quantitative estimate of drug-likeness (QED) is 0.316. The number of aromatic amines is 1. The molecule has 31 heavy (non-hydrogen) atoms. The third kappa shape index (κ3) is 3.23. The number of benzene rings is 1. The Balaban J connectivity index is 1.87. The van der Waals surface area contributed by atoms with Crippen LogP contribution in [0.1, 0.15) is 5.69 Å². The van der Waals surface area contributed by atoms with Crippen LogP contribution in [0.15, 0.2) is 53.3 Å². The van der Waals surface area contributed by atoms with Crippen LogP contribution in [-0.4, -0.2) is 24.5 Å². The predicted octanol–water partition coefficient (Wildman–Crippen LogP) is 5.05. The Morgan fingerprint density at radius 2 is 1.87 bits per heavy atom. The van der Waals surface area contributed by atoms with Crippen molar-refractivity contribution < 1.29 is 0 Å². The SMILES string of the molecule is [C-]#[N+]c1ccc2c(c1)cc(-c1nc3[nH]c(=O)ccc3nc1-c1cc(C)nc(Cl)c1)n2C. The Hall–Kier alpha value is -4.02. The van der Waals surface area contributed by atoms with E-state index in [4.69, 9.17) is 28.1 Å². The van der Waals surface area contributed by atoms with Gasteiger partial charge in [0.2, 0.25) is 5.56 Å². The summed E-state index contributed by atoms with van der Waals surface area (Å²) in [7, 11) is 1.93. The van der Waals surface area contributed by atoms with Gasteiger partial charge in [0.1, 0.15) is 16.4 Å². The minimum absolute atomic E-state index is 0.248. The minimum Gasteiger partial charge on any atom is -0.342 e. The van der Waals surface area contributed by atoms with Crippen molar-refractivity contribution in [3.63, 3.8) is 0 Å². The van der Waals surface area contributed by atoms with Crippen molar-refractivity contribution >= 4 is 39.4 Å². The first kappa shape index (κ1) is 19.0. The van der Waals surface area contributed by atoms with Crippen molar-refractivity contribution in [1.29, 1.82) is 0 Å². The second-order valence-corrected chi connectivity index (χ2v) is 7.63. The molecule has 0 aliphatic heterocycles. The molecule has 150 valence electrons. The van der Waals surface area contributed by atoms with Crippen molar-refractivity contribution in [3.8, 4) is 22.6 Å². The van der Waals surface area contributed by atoms with E-state index in [1.54, 1.807) is 18.2 Å². The highest BCUT2D eigenvalue weighted by Gasteiger charge is 2.19. The Morgan fingerprint density at radius 1 is 1.03 bits per heavy atom. The average molecular weight is 427 g/mol. The van der Waals surface area contributed by atoms with Crippen molar-refractivity contribution in [2.45, 2.75) is 6.92 Å². The molecule has 0 spiro atoms. The zero-order valence-electron chi connectivity index (χ0n) is 16.6. The highest BCUT2D eigenvalue weighted by atomic mass is 35.5. The van der Waals surface area contributed by atoms with Crippen LogP contribution in [-0.2, 0) is 7.05 Å². The molecule has 0 fully saturated rings. The van der Waals surface area contributed by atoms with E-state index >= 15 is 0 Å². The molecule has 1 N–H and O–H groups in total. The number of aryl methyl sites for hydroxylation is 2. The molecular formula is C23H15ClN6O. The van der Waals surface area contributed by atoms with Crippen LogP contribution in [0.4, 0.5) is 5.69 Å². The second kappa shape index (κ2) is 7.04. The monoisotopic (exact) mass is 426 g/mol. The summed E-state index contributed by atoms with van der Waals surface area (Å²) in [6.45, 7) is 9.15. The molecule has 0 atom stereocenters. The van der Waals surface area contributed by atoms with Gasteiger partial charge < -0.3 is 9.55 Å². The smallest absolute Gasteiger partial charge is 0.249 e. The molecular weight excluding hydrogens is 412 g/mol. The normalized spacial score (nSPS) is 11.2. The van der Waals surface area contributed by atoms with E-state index < -0.39 is 0 Å². The molecule has 5 aromatic rings. The summed E-state index contributed by atoms with van der Waals surface area (Å²) in [5.74, 6) is 0. The number of hydrogen-bond donors (Lipinski definition) is 1. The molecule has 5 rings (SSSR count). The maximum Gasteiger partial charge on any atom is 0.249 e. The molecule has 4 heterocycles. The molecule has 7 nitrogen and oxygen atoms in total. The van der Waals surface area contributed by atoms with Gasteiger partial charge in [-0.1, -0.05) is 17.7 Å². The summed E-state index contributed by atoms with van der Waals surface area (Å²) in [6.07, 6.45) is 0. The molecule has 1 aromatic carbocycles. The van der Waals surface area contributed by atoms with Gasteiger partial charge in [-0.3, -0.25) is 4.79 Å². The van der Waals surface area contributed by atoms with E-state index in [2.05, 4.69) is 14.8 Å². The number of halogens is 1. The molecule has 0 aliphatic rings. The molecule has 0 bridgehead atoms. The van der Waals surface area contributed by atoms with Crippen molar-refractivity contribution in [2.75, 3.05) is 0 Å². The number of H-pyrrole nitrogens is 1.